The number of ether oxygens (including phenoxy) is 1. The highest BCUT2D eigenvalue weighted by molar-refractivity contribution is 6.42. The van der Waals surface area contributed by atoms with Gasteiger partial charge in [0.1, 0.15) is 5.75 Å². The van der Waals surface area contributed by atoms with Gasteiger partial charge in [0, 0.05) is 50.7 Å². The average molecular weight is 601 g/mol. The third-order valence-corrected chi connectivity index (χ3v) is 10.2. The molecule has 2 aromatic rings. The van der Waals surface area contributed by atoms with Gasteiger partial charge in [-0.15, -0.1) is 0 Å². The lowest BCUT2D eigenvalue weighted by atomic mass is 9.71. The molecule has 1 aliphatic carbocycles. The molecule has 3 fully saturated rings. The van der Waals surface area contributed by atoms with Crippen LogP contribution in [-0.4, -0.2) is 78.6 Å². The van der Waals surface area contributed by atoms with Gasteiger partial charge in [-0.25, -0.2) is 0 Å². The Morgan fingerprint density at radius 1 is 0.951 bits per heavy atom. The molecule has 2 aliphatic heterocycles. The summed E-state index contributed by atoms with van der Waals surface area (Å²) in [5.74, 6) is 0.995. The van der Waals surface area contributed by atoms with Gasteiger partial charge in [-0.2, -0.15) is 0 Å². The third kappa shape index (κ3) is 7.98. The number of amides is 1. The van der Waals surface area contributed by atoms with Crippen molar-refractivity contribution < 1.29 is 9.53 Å². The fourth-order valence-electron chi connectivity index (χ4n) is 7.21. The minimum Gasteiger partial charge on any atom is -0.491 e. The van der Waals surface area contributed by atoms with Crippen molar-refractivity contribution in [1.29, 1.82) is 0 Å². The molecule has 41 heavy (non-hydrogen) atoms. The fraction of sp³-hybridized carbons (Fsp3) is 0.618. The summed E-state index contributed by atoms with van der Waals surface area (Å²) in [6.45, 7) is 11.2. The van der Waals surface area contributed by atoms with Gasteiger partial charge >= 0.3 is 0 Å². The van der Waals surface area contributed by atoms with Crippen molar-refractivity contribution in [2.45, 2.75) is 89.2 Å². The van der Waals surface area contributed by atoms with E-state index in [0.29, 0.717) is 23.0 Å². The van der Waals surface area contributed by atoms with Crippen LogP contribution in [0.3, 0.4) is 0 Å². The molecular weight excluding hydrogens is 553 g/mol. The number of piperazine rings is 1. The lowest BCUT2D eigenvalue weighted by Gasteiger charge is -2.46. The van der Waals surface area contributed by atoms with Crippen molar-refractivity contribution in [3.63, 3.8) is 0 Å². The number of hydrogen-bond acceptors (Lipinski definition) is 4. The third-order valence-electron chi connectivity index (χ3n) is 9.49. The van der Waals surface area contributed by atoms with E-state index in [9.17, 15) is 4.79 Å². The molecule has 5 rings (SSSR count). The Bertz CT molecular complexity index is 1160. The molecule has 2 aromatic carbocycles. The first-order valence-corrected chi connectivity index (χ1v) is 16.5. The number of halogens is 2. The van der Waals surface area contributed by atoms with E-state index in [2.05, 4.69) is 20.8 Å². The summed E-state index contributed by atoms with van der Waals surface area (Å²) in [4.78, 5) is 21.1. The van der Waals surface area contributed by atoms with Gasteiger partial charge in [-0.05, 0) is 87.9 Å². The van der Waals surface area contributed by atoms with Gasteiger partial charge in [0.15, 0.2) is 0 Å². The molecule has 1 atom stereocenters. The summed E-state index contributed by atoms with van der Waals surface area (Å²) in [7, 11) is 0. The number of benzene rings is 2. The normalized spacial score (nSPS) is 23.2. The van der Waals surface area contributed by atoms with Crippen LogP contribution in [0.5, 0.6) is 5.75 Å². The number of likely N-dealkylation sites (tertiary alicyclic amines) is 1. The van der Waals surface area contributed by atoms with Gasteiger partial charge in [0.2, 0.25) is 5.91 Å². The molecule has 2 saturated heterocycles. The monoisotopic (exact) mass is 599 g/mol. The lowest BCUT2D eigenvalue weighted by Crippen LogP contribution is -2.53. The molecule has 0 bridgehead atoms. The largest absolute Gasteiger partial charge is 0.491 e. The van der Waals surface area contributed by atoms with Gasteiger partial charge < -0.3 is 14.5 Å². The first kappa shape index (κ1) is 30.7. The second-order valence-electron chi connectivity index (χ2n) is 12.7. The van der Waals surface area contributed by atoms with E-state index in [1.807, 2.05) is 50.2 Å². The number of piperidine rings is 1. The summed E-state index contributed by atoms with van der Waals surface area (Å²) in [6, 6.07) is 14.9. The first-order valence-electron chi connectivity index (χ1n) is 15.8. The molecule has 5 nitrogen and oxygen atoms in total. The summed E-state index contributed by atoms with van der Waals surface area (Å²) >= 11 is 12.9. The fourth-order valence-corrected chi connectivity index (χ4v) is 7.51. The Hall–Kier alpha value is -1.79. The van der Waals surface area contributed by atoms with Crippen molar-refractivity contribution in [2.75, 3.05) is 45.8 Å². The SMILES string of the molecule is CC(C)Oc1cccc(CC(=O)N2CCC[C@](CCN3CCN(C4CCCCC4)CC3)(c3ccc(Cl)c(Cl)c3)C2)c1. The zero-order chi connectivity index (χ0) is 28.8. The van der Waals surface area contributed by atoms with Gasteiger partial charge in [-0.3, -0.25) is 9.69 Å². The van der Waals surface area contributed by atoms with Crippen molar-refractivity contribution >= 4 is 29.1 Å². The van der Waals surface area contributed by atoms with Gasteiger partial charge in [-0.1, -0.05) is 60.7 Å². The maximum absolute atomic E-state index is 13.7. The number of hydrogen-bond donors (Lipinski definition) is 0. The molecule has 0 aromatic heterocycles. The van der Waals surface area contributed by atoms with Crippen molar-refractivity contribution in [1.82, 2.24) is 14.7 Å². The molecular formula is C34H47Cl2N3O2. The molecule has 2 heterocycles. The Kier molecular flexibility index (Phi) is 10.6. The summed E-state index contributed by atoms with van der Waals surface area (Å²) in [5.41, 5.74) is 2.07. The van der Waals surface area contributed by atoms with Crippen LogP contribution >= 0.6 is 23.2 Å². The number of nitrogens with zero attached hydrogens (tertiary/aromatic N) is 3. The minimum absolute atomic E-state index is 0.102. The van der Waals surface area contributed by atoms with E-state index in [4.69, 9.17) is 27.9 Å². The highest BCUT2D eigenvalue weighted by Gasteiger charge is 2.39. The topological polar surface area (TPSA) is 36.0 Å². The molecule has 224 valence electrons. The Balaban J connectivity index is 1.27. The number of rotatable bonds is 9. The lowest BCUT2D eigenvalue weighted by molar-refractivity contribution is -0.132. The molecule has 1 saturated carbocycles. The molecule has 0 radical (unpaired) electrons. The van der Waals surface area contributed by atoms with E-state index in [-0.39, 0.29) is 17.4 Å². The first-order chi connectivity index (χ1) is 19.8. The van der Waals surface area contributed by atoms with E-state index in [1.165, 1.54) is 50.8 Å². The molecule has 0 spiro atoms. The van der Waals surface area contributed by atoms with E-state index < -0.39 is 0 Å². The van der Waals surface area contributed by atoms with Crippen molar-refractivity contribution in [3.05, 3.63) is 63.6 Å². The summed E-state index contributed by atoms with van der Waals surface area (Å²) in [5, 5.41) is 1.17. The zero-order valence-electron chi connectivity index (χ0n) is 24.9. The van der Waals surface area contributed by atoms with Crippen molar-refractivity contribution in [2.24, 2.45) is 0 Å². The Labute approximate surface area is 257 Å². The quantitative estimate of drug-likeness (QED) is 0.305. The van der Waals surface area contributed by atoms with Crippen LogP contribution < -0.4 is 4.74 Å². The van der Waals surface area contributed by atoms with E-state index in [1.54, 1.807) is 0 Å². The molecule has 3 aliphatic rings. The van der Waals surface area contributed by atoms with Gasteiger partial charge in [0.25, 0.3) is 0 Å². The molecule has 1 amide bonds. The zero-order valence-corrected chi connectivity index (χ0v) is 26.4. The summed E-state index contributed by atoms with van der Waals surface area (Å²) in [6.07, 6.45) is 10.5. The Morgan fingerprint density at radius 3 is 2.46 bits per heavy atom. The standard InChI is InChI=1S/C34H47Cl2N3O2/c1-26(2)41-30-11-6-8-27(22-30)23-33(40)39-16-7-14-34(25-39,28-12-13-31(35)32(36)24-28)15-17-37-18-20-38(21-19-37)29-9-4-3-5-10-29/h6,8,11-13,22,24,26,29H,3-5,7,9-10,14-21,23,25H2,1-2H3/t34-/m1/s1. The maximum atomic E-state index is 13.7. The van der Waals surface area contributed by atoms with Crippen LogP contribution in [0.1, 0.15) is 76.3 Å². The smallest absolute Gasteiger partial charge is 0.227 e. The number of carbonyl (C=O) groups is 1. The predicted octanol–water partition coefficient (Wildman–Crippen LogP) is 7.22. The van der Waals surface area contributed by atoms with Crippen LogP contribution in [0, 0.1) is 0 Å². The molecule has 0 unspecified atom stereocenters. The second kappa shape index (κ2) is 14.1. The number of carbonyl (C=O) groups excluding carboxylic acids is 1. The highest BCUT2D eigenvalue weighted by atomic mass is 35.5. The van der Waals surface area contributed by atoms with Gasteiger partial charge in [0.05, 0.1) is 22.6 Å². The molecule has 0 N–H and O–H groups in total. The second-order valence-corrected chi connectivity index (χ2v) is 13.6. The Morgan fingerprint density at radius 2 is 1.73 bits per heavy atom. The van der Waals surface area contributed by atoms with Crippen LogP contribution in [0.2, 0.25) is 10.0 Å². The van der Waals surface area contributed by atoms with E-state index >= 15 is 0 Å². The van der Waals surface area contributed by atoms with Crippen LogP contribution in [0.4, 0.5) is 0 Å². The highest BCUT2D eigenvalue weighted by Crippen LogP contribution is 2.40. The average Bonchev–Trinajstić information content (AvgIpc) is 2.98. The minimum atomic E-state index is -0.134. The van der Waals surface area contributed by atoms with E-state index in [0.717, 1.165) is 62.8 Å². The van der Waals surface area contributed by atoms with Crippen molar-refractivity contribution in [3.8, 4) is 5.75 Å². The molecule has 7 heteroatoms. The van der Waals surface area contributed by atoms with Crippen LogP contribution in [-0.2, 0) is 16.6 Å². The van der Waals surface area contributed by atoms with Crippen LogP contribution in [0.25, 0.3) is 0 Å². The summed E-state index contributed by atoms with van der Waals surface area (Å²) < 4.78 is 5.87. The van der Waals surface area contributed by atoms with Crippen LogP contribution in [0.15, 0.2) is 42.5 Å². The predicted molar refractivity (Wildman–Crippen MR) is 169 cm³/mol. The maximum Gasteiger partial charge on any atom is 0.227 e.